The van der Waals surface area contributed by atoms with Crippen LogP contribution in [0, 0.1) is 12.8 Å². The molecule has 2 N–H and O–H groups in total. The van der Waals surface area contributed by atoms with E-state index in [1.54, 1.807) is 0 Å². The second-order valence-electron chi connectivity index (χ2n) is 4.44. The molecule has 2 heterocycles. The molecule has 0 bridgehead atoms. The van der Waals surface area contributed by atoms with Crippen LogP contribution < -0.4 is 5.32 Å². The van der Waals surface area contributed by atoms with Gasteiger partial charge in [-0.1, -0.05) is 0 Å². The van der Waals surface area contributed by atoms with Crippen LogP contribution in [0.5, 0.6) is 0 Å². The van der Waals surface area contributed by atoms with E-state index in [1.165, 1.54) is 12.8 Å². The first-order chi connectivity index (χ1) is 7.81. The third kappa shape index (κ3) is 2.59. The predicted octanol–water partition coefficient (Wildman–Crippen LogP) is 0.121. The maximum absolute atomic E-state index is 9.01. The first kappa shape index (κ1) is 11.5. The molecule has 0 atom stereocenters. The summed E-state index contributed by atoms with van der Waals surface area (Å²) in [7, 11) is 0. The van der Waals surface area contributed by atoms with Gasteiger partial charge in [0, 0.05) is 13.0 Å². The van der Waals surface area contributed by atoms with Crippen LogP contribution in [-0.4, -0.2) is 39.6 Å². The summed E-state index contributed by atoms with van der Waals surface area (Å²) in [4.78, 5) is 0. The summed E-state index contributed by atoms with van der Waals surface area (Å²) in [6, 6.07) is 0. The van der Waals surface area contributed by atoms with Crippen molar-refractivity contribution in [1.82, 2.24) is 20.1 Å². The van der Waals surface area contributed by atoms with Gasteiger partial charge in [-0.3, -0.25) is 0 Å². The molecule has 5 nitrogen and oxygen atoms in total. The molecule has 0 unspecified atom stereocenters. The minimum absolute atomic E-state index is 0.151. The van der Waals surface area contributed by atoms with Crippen molar-refractivity contribution in [2.75, 3.05) is 19.7 Å². The molecule has 16 heavy (non-hydrogen) atoms. The average Bonchev–Trinajstić information content (AvgIpc) is 2.64. The second-order valence-corrected chi connectivity index (χ2v) is 4.44. The Hall–Kier alpha value is -0.940. The number of hydrogen-bond donors (Lipinski definition) is 2. The van der Waals surface area contributed by atoms with Gasteiger partial charge in [-0.05, 0) is 38.8 Å². The smallest absolute Gasteiger partial charge is 0.133 e. The van der Waals surface area contributed by atoms with Gasteiger partial charge in [-0.25, -0.2) is 0 Å². The van der Waals surface area contributed by atoms with E-state index in [0.717, 1.165) is 31.2 Å². The largest absolute Gasteiger partial charge is 0.395 e. The van der Waals surface area contributed by atoms with E-state index in [2.05, 4.69) is 15.5 Å². The summed E-state index contributed by atoms with van der Waals surface area (Å²) >= 11 is 0. The lowest BCUT2D eigenvalue weighted by molar-refractivity contribution is 0.270. The summed E-state index contributed by atoms with van der Waals surface area (Å²) in [6.07, 6.45) is 3.42. The maximum Gasteiger partial charge on any atom is 0.133 e. The standard InChI is InChI=1S/C11H20N4O/c1-9-13-14-11(15(9)6-7-16)8-10-2-4-12-5-3-10/h10,12,16H,2-8H2,1H3. The molecular weight excluding hydrogens is 204 g/mol. The van der Waals surface area contributed by atoms with Crippen LogP contribution >= 0.6 is 0 Å². The Labute approximate surface area is 95.9 Å². The minimum atomic E-state index is 0.151. The normalized spacial score (nSPS) is 17.9. The van der Waals surface area contributed by atoms with Gasteiger partial charge in [0.05, 0.1) is 6.61 Å². The molecule has 0 radical (unpaired) electrons. The van der Waals surface area contributed by atoms with Crippen LogP contribution in [0.3, 0.4) is 0 Å². The van der Waals surface area contributed by atoms with Crippen LogP contribution in [0.15, 0.2) is 0 Å². The molecule has 90 valence electrons. The van der Waals surface area contributed by atoms with E-state index in [4.69, 9.17) is 5.11 Å². The predicted molar refractivity (Wildman–Crippen MR) is 61.1 cm³/mol. The van der Waals surface area contributed by atoms with Gasteiger partial charge in [-0.15, -0.1) is 10.2 Å². The Kier molecular flexibility index (Phi) is 3.90. The minimum Gasteiger partial charge on any atom is -0.395 e. The molecule has 5 heteroatoms. The van der Waals surface area contributed by atoms with Gasteiger partial charge < -0.3 is 15.0 Å². The van der Waals surface area contributed by atoms with Crippen molar-refractivity contribution in [3.63, 3.8) is 0 Å². The molecule has 1 aromatic rings. The molecule has 1 aliphatic rings. The van der Waals surface area contributed by atoms with Crippen LogP contribution in [0.1, 0.15) is 24.5 Å². The zero-order valence-corrected chi connectivity index (χ0v) is 9.82. The van der Waals surface area contributed by atoms with Crippen molar-refractivity contribution >= 4 is 0 Å². The number of piperidine rings is 1. The second kappa shape index (κ2) is 5.41. The fourth-order valence-corrected chi connectivity index (χ4v) is 2.31. The van der Waals surface area contributed by atoms with E-state index in [9.17, 15) is 0 Å². The number of rotatable bonds is 4. The number of nitrogens with zero attached hydrogens (tertiary/aromatic N) is 3. The molecule has 1 saturated heterocycles. The molecule has 2 rings (SSSR count). The lowest BCUT2D eigenvalue weighted by atomic mass is 9.94. The van der Waals surface area contributed by atoms with E-state index in [0.29, 0.717) is 12.5 Å². The van der Waals surface area contributed by atoms with Gasteiger partial charge in [-0.2, -0.15) is 0 Å². The summed E-state index contributed by atoms with van der Waals surface area (Å²) in [6.45, 7) is 4.92. The highest BCUT2D eigenvalue weighted by atomic mass is 16.3. The van der Waals surface area contributed by atoms with Crippen molar-refractivity contribution in [1.29, 1.82) is 0 Å². The van der Waals surface area contributed by atoms with Crippen molar-refractivity contribution in [2.45, 2.75) is 32.7 Å². The Morgan fingerprint density at radius 1 is 1.38 bits per heavy atom. The molecule has 1 aliphatic heterocycles. The number of hydrogen-bond acceptors (Lipinski definition) is 4. The summed E-state index contributed by atoms with van der Waals surface area (Å²) < 4.78 is 2.03. The highest BCUT2D eigenvalue weighted by molar-refractivity contribution is 4.96. The summed E-state index contributed by atoms with van der Waals surface area (Å²) in [5.74, 6) is 2.64. The SMILES string of the molecule is Cc1nnc(CC2CCNCC2)n1CCO. The molecule has 0 spiro atoms. The molecular formula is C11H20N4O. The highest BCUT2D eigenvalue weighted by Crippen LogP contribution is 2.17. The average molecular weight is 224 g/mol. The Morgan fingerprint density at radius 3 is 2.81 bits per heavy atom. The van der Waals surface area contributed by atoms with Crippen LogP contribution in [0.4, 0.5) is 0 Å². The summed E-state index contributed by atoms with van der Waals surface area (Å²) in [5, 5.41) is 20.7. The molecule has 0 aromatic carbocycles. The maximum atomic E-state index is 9.01. The number of aryl methyl sites for hydroxylation is 1. The molecule has 1 fully saturated rings. The van der Waals surface area contributed by atoms with Crippen molar-refractivity contribution < 1.29 is 5.11 Å². The van der Waals surface area contributed by atoms with Crippen molar-refractivity contribution in [3.8, 4) is 0 Å². The lowest BCUT2D eigenvalue weighted by Crippen LogP contribution is -2.29. The molecule has 0 saturated carbocycles. The number of aromatic nitrogens is 3. The van der Waals surface area contributed by atoms with Crippen LogP contribution in [0.25, 0.3) is 0 Å². The highest BCUT2D eigenvalue weighted by Gasteiger charge is 2.17. The quantitative estimate of drug-likeness (QED) is 0.762. The Bertz CT molecular complexity index is 331. The van der Waals surface area contributed by atoms with E-state index >= 15 is 0 Å². The number of nitrogens with one attached hydrogen (secondary N) is 1. The van der Waals surface area contributed by atoms with Gasteiger partial charge in [0.15, 0.2) is 0 Å². The van der Waals surface area contributed by atoms with E-state index in [1.807, 2.05) is 11.5 Å². The number of aliphatic hydroxyl groups is 1. The van der Waals surface area contributed by atoms with Crippen molar-refractivity contribution in [3.05, 3.63) is 11.6 Å². The third-order valence-corrected chi connectivity index (χ3v) is 3.27. The topological polar surface area (TPSA) is 63.0 Å². The van der Waals surface area contributed by atoms with E-state index < -0.39 is 0 Å². The van der Waals surface area contributed by atoms with Gasteiger partial charge in [0.1, 0.15) is 11.6 Å². The Balaban J connectivity index is 2.02. The van der Waals surface area contributed by atoms with Crippen LogP contribution in [-0.2, 0) is 13.0 Å². The van der Waals surface area contributed by atoms with Gasteiger partial charge >= 0.3 is 0 Å². The fraction of sp³-hybridized carbons (Fsp3) is 0.818. The van der Waals surface area contributed by atoms with Gasteiger partial charge in [0.25, 0.3) is 0 Å². The molecule has 0 amide bonds. The monoisotopic (exact) mass is 224 g/mol. The first-order valence-corrected chi connectivity index (χ1v) is 6.01. The fourth-order valence-electron chi connectivity index (χ4n) is 2.31. The zero-order chi connectivity index (χ0) is 11.4. The van der Waals surface area contributed by atoms with Gasteiger partial charge in [0.2, 0.25) is 0 Å². The first-order valence-electron chi connectivity index (χ1n) is 6.01. The number of aliphatic hydroxyl groups excluding tert-OH is 1. The summed E-state index contributed by atoms with van der Waals surface area (Å²) in [5.41, 5.74) is 0. The third-order valence-electron chi connectivity index (χ3n) is 3.27. The zero-order valence-electron chi connectivity index (χ0n) is 9.82. The molecule has 0 aliphatic carbocycles. The van der Waals surface area contributed by atoms with Crippen molar-refractivity contribution in [2.24, 2.45) is 5.92 Å². The van der Waals surface area contributed by atoms with Crippen LogP contribution in [0.2, 0.25) is 0 Å². The molecule has 1 aromatic heterocycles. The Morgan fingerprint density at radius 2 is 2.12 bits per heavy atom. The van der Waals surface area contributed by atoms with E-state index in [-0.39, 0.29) is 6.61 Å². The lowest BCUT2D eigenvalue weighted by Gasteiger charge is -2.22.